The highest BCUT2D eigenvalue weighted by Crippen LogP contribution is 2.42. The van der Waals surface area contributed by atoms with E-state index in [0.29, 0.717) is 14.9 Å². The molecule has 4 rings (SSSR count). The van der Waals surface area contributed by atoms with E-state index in [4.69, 9.17) is 27.9 Å². The molecule has 3 aromatic rings. The van der Waals surface area contributed by atoms with Gasteiger partial charge >= 0.3 is 0 Å². The number of hydrogen-bond acceptors (Lipinski definition) is 7. The highest BCUT2D eigenvalue weighted by atomic mass is 35.5. The molecule has 1 aliphatic heterocycles. The van der Waals surface area contributed by atoms with E-state index in [1.807, 2.05) is 0 Å². The molecule has 1 saturated heterocycles. The Morgan fingerprint density at radius 3 is 2.44 bits per heavy atom. The molecular weight excluding hydrogens is 518 g/mol. The number of nitrogens with zero attached hydrogens (tertiary/aromatic N) is 3. The maximum atomic E-state index is 13.7. The maximum Gasteiger partial charge on any atom is 0.194 e. The number of benzene rings is 2. The van der Waals surface area contributed by atoms with Crippen LogP contribution in [0, 0.1) is 17.5 Å². The zero-order chi connectivity index (χ0) is 24.6. The van der Waals surface area contributed by atoms with E-state index < -0.39 is 53.8 Å². The molecule has 1 fully saturated rings. The first-order valence-corrected chi connectivity index (χ1v) is 11.6. The first kappa shape index (κ1) is 25.2. The van der Waals surface area contributed by atoms with Crippen molar-refractivity contribution in [3.63, 3.8) is 0 Å². The monoisotopic (exact) mass is 535 g/mol. The second-order valence-electron chi connectivity index (χ2n) is 7.72. The molecule has 0 bridgehead atoms. The Bertz CT molecular complexity index is 1180. The lowest BCUT2D eigenvalue weighted by molar-refractivity contribution is -0.167. The largest absolute Gasteiger partial charge is 0.394 e. The van der Waals surface area contributed by atoms with E-state index >= 15 is 0 Å². The van der Waals surface area contributed by atoms with Crippen LogP contribution in [-0.2, 0) is 10.3 Å². The van der Waals surface area contributed by atoms with Crippen LogP contribution >= 0.6 is 35.0 Å². The first-order valence-electron chi connectivity index (χ1n) is 9.93. The molecule has 1 aromatic heterocycles. The van der Waals surface area contributed by atoms with Crippen LogP contribution < -0.4 is 0 Å². The minimum absolute atomic E-state index is 0.0152. The Morgan fingerprint density at radius 1 is 1.12 bits per heavy atom. The van der Waals surface area contributed by atoms with Crippen molar-refractivity contribution >= 4 is 35.0 Å². The van der Waals surface area contributed by atoms with Crippen LogP contribution in [0.3, 0.4) is 0 Å². The summed E-state index contributed by atoms with van der Waals surface area (Å²) in [5, 5.41) is 39.8. The number of aromatic nitrogens is 3. The molecular formula is C21H18Cl2F3N3O4S. The third-order valence-corrected chi connectivity index (χ3v) is 7.43. The minimum atomic E-state index is -1.62. The van der Waals surface area contributed by atoms with E-state index in [2.05, 4.69) is 10.3 Å². The van der Waals surface area contributed by atoms with Gasteiger partial charge < -0.3 is 20.1 Å². The SMILES string of the molecule is OCC1CC(CO)(n2cc(-c3cc(F)c(F)c(F)c3)nn2)[C@@H](O)[C@@H](Sc2ccc(Cl)c(Cl)c2)O1. The third-order valence-electron chi connectivity index (χ3n) is 5.57. The summed E-state index contributed by atoms with van der Waals surface area (Å²) in [6.07, 6.45) is -0.930. The molecule has 7 nitrogen and oxygen atoms in total. The van der Waals surface area contributed by atoms with Crippen LogP contribution in [0.2, 0.25) is 10.0 Å². The van der Waals surface area contributed by atoms with Gasteiger partial charge in [0.05, 0.1) is 35.6 Å². The van der Waals surface area contributed by atoms with Crippen molar-refractivity contribution < 1.29 is 33.2 Å². The number of thioether (sulfide) groups is 1. The van der Waals surface area contributed by atoms with Gasteiger partial charge in [0.15, 0.2) is 17.5 Å². The van der Waals surface area contributed by atoms with Gasteiger partial charge in [-0.15, -0.1) is 5.10 Å². The lowest BCUT2D eigenvalue weighted by atomic mass is 9.85. The van der Waals surface area contributed by atoms with Crippen molar-refractivity contribution in [3.8, 4) is 11.3 Å². The zero-order valence-corrected chi connectivity index (χ0v) is 19.5. The van der Waals surface area contributed by atoms with Crippen molar-refractivity contribution in [2.24, 2.45) is 0 Å². The number of aliphatic hydroxyl groups excluding tert-OH is 3. The second kappa shape index (κ2) is 10.0. The van der Waals surface area contributed by atoms with Gasteiger partial charge in [0.2, 0.25) is 0 Å². The zero-order valence-electron chi connectivity index (χ0n) is 17.2. The normalized spacial score (nSPS) is 25.0. The molecule has 0 radical (unpaired) electrons. The summed E-state index contributed by atoms with van der Waals surface area (Å²) in [6.45, 7) is -1.04. The predicted octanol–water partition coefficient (Wildman–Crippen LogP) is 3.62. The number of hydrogen-bond donors (Lipinski definition) is 3. The average molecular weight is 536 g/mol. The topological polar surface area (TPSA) is 101 Å². The first-order chi connectivity index (χ1) is 16.2. The third kappa shape index (κ3) is 4.66. The molecule has 2 heterocycles. The van der Waals surface area contributed by atoms with Gasteiger partial charge in [0, 0.05) is 16.9 Å². The summed E-state index contributed by atoms with van der Waals surface area (Å²) in [6, 6.07) is 6.35. The lowest BCUT2D eigenvalue weighted by Crippen LogP contribution is -2.60. The average Bonchev–Trinajstić information content (AvgIpc) is 3.32. The number of halogens is 5. The molecule has 0 amide bonds. The van der Waals surface area contributed by atoms with E-state index in [9.17, 15) is 28.5 Å². The van der Waals surface area contributed by atoms with Gasteiger partial charge in [-0.05, 0) is 30.3 Å². The fraction of sp³-hybridized carbons (Fsp3) is 0.333. The number of aliphatic hydroxyl groups is 3. The van der Waals surface area contributed by atoms with Crippen molar-refractivity contribution in [2.75, 3.05) is 13.2 Å². The standard InChI is InChI=1S/C21H18Cl2F3N3O4S/c22-13-2-1-12(5-14(13)23)34-20-19(32)21(9-31,6-11(8-30)33-20)29-7-17(27-28-29)10-3-15(24)18(26)16(25)4-10/h1-5,7,11,19-20,30-32H,6,8-9H2/t11?,19-,20+,21?/m0/s1. The Balaban J connectivity index is 1.69. The molecule has 2 aromatic carbocycles. The van der Waals surface area contributed by atoms with Gasteiger partial charge in [-0.1, -0.05) is 40.2 Å². The van der Waals surface area contributed by atoms with Crippen molar-refractivity contribution in [3.05, 3.63) is 64.0 Å². The van der Waals surface area contributed by atoms with Crippen LogP contribution in [0.5, 0.6) is 0 Å². The van der Waals surface area contributed by atoms with Crippen LogP contribution in [0.15, 0.2) is 41.4 Å². The van der Waals surface area contributed by atoms with Crippen LogP contribution in [-0.4, -0.2) is 61.2 Å². The molecule has 4 atom stereocenters. The molecule has 1 aliphatic rings. The number of rotatable bonds is 6. The van der Waals surface area contributed by atoms with E-state index in [1.54, 1.807) is 18.2 Å². The molecule has 0 aliphatic carbocycles. The quantitative estimate of drug-likeness (QED) is 0.414. The summed E-state index contributed by atoms with van der Waals surface area (Å²) < 4.78 is 47.7. The highest BCUT2D eigenvalue weighted by Gasteiger charge is 2.51. The minimum Gasteiger partial charge on any atom is -0.394 e. The molecule has 3 N–H and O–H groups in total. The molecule has 2 unspecified atom stereocenters. The van der Waals surface area contributed by atoms with Crippen molar-refractivity contribution in [2.45, 2.75) is 34.5 Å². The second-order valence-corrected chi connectivity index (χ2v) is 9.70. The van der Waals surface area contributed by atoms with Gasteiger partial charge in [-0.3, -0.25) is 0 Å². The van der Waals surface area contributed by atoms with E-state index in [0.717, 1.165) is 23.9 Å². The van der Waals surface area contributed by atoms with Gasteiger partial charge in [-0.2, -0.15) is 0 Å². The number of ether oxygens (including phenoxy) is 1. The summed E-state index contributed by atoms with van der Waals surface area (Å²) >= 11 is 13.1. The summed E-state index contributed by atoms with van der Waals surface area (Å²) in [4.78, 5) is 0.612. The van der Waals surface area contributed by atoms with Gasteiger partial charge in [0.25, 0.3) is 0 Å². The maximum absolute atomic E-state index is 13.7. The van der Waals surface area contributed by atoms with Crippen LogP contribution in [0.1, 0.15) is 6.42 Å². The van der Waals surface area contributed by atoms with E-state index in [-0.39, 0.29) is 17.7 Å². The highest BCUT2D eigenvalue weighted by molar-refractivity contribution is 7.99. The Kier molecular flexibility index (Phi) is 7.44. The smallest absolute Gasteiger partial charge is 0.194 e. The predicted molar refractivity (Wildman–Crippen MR) is 119 cm³/mol. The van der Waals surface area contributed by atoms with Gasteiger partial charge in [-0.25, -0.2) is 17.9 Å². The Labute approximate surface area is 206 Å². The summed E-state index contributed by atoms with van der Waals surface area (Å²) in [7, 11) is 0. The van der Waals surface area contributed by atoms with Crippen LogP contribution in [0.25, 0.3) is 11.3 Å². The lowest BCUT2D eigenvalue weighted by Gasteiger charge is -2.46. The summed E-state index contributed by atoms with van der Waals surface area (Å²) in [5.74, 6) is -4.41. The molecule has 34 heavy (non-hydrogen) atoms. The fourth-order valence-electron chi connectivity index (χ4n) is 3.74. The fourth-order valence-corrected chi connectivity index (χ4v) is 5.30. The van der Waals surface area contributed by atoms with Crippen LogP contribution in [0.4, 0.5) is 13.2 Å². The van der Waals surface area contributed by atoms with E-state index in [1.165, 1.54) is 10.9 Å². The Hall–Kier alpha value is -1.86. The molecule has 182 valence electrons. The van der Waals surface area contributed by atoms with Crippen molar-refractivity contribution in [1.82, 2.24) is 15.0 Å². The van der Waals surface area contributed by atoms with Crippen molar-refractivity contribution in [1.29, 1.82) is 0 Å². The Morgan fingerprint density at radius 2 is 1.82 bits per heavy atom. The summed E-state index contributed by atoms with van der Waals surface area (Å²) in [5.41, 5.74) is -2.57. The molecule has 0 spiro atoms. The molecule has 13 heteroatoms. The van der Waals surface area contributed by atoms with Gasteiger partial charge in [0.1, 0.15) is 22.8 Å². The molecule has 0 saturated carbocycles.